The number of methoxy groups -OCH3 is 1. The van der Waals surface area contributed by atoms with Crippen molar-refractivity contribution in [1.82, 2.24) is 10.2 Å². The third kappa shape index (κ3) is 6.41. The van der Waals surface area contributed by atoms with E-state index in [0.717, 1.165) is 36.0 Å². The summed E-state index contributed by atoms with van der Waals surface area (Å²) in [7, 11) is 1.68. The van der Waals surface area contributed by atoms with Gasteiger partial charge in [-0.2, -0.15) is 0 Å². The molecule has 1 fully saturated rings. The first-order valence-corrected chi connectivity index (χ1v) is 10.0. The van der Waals surface area contributed by atoms with Crippen LogP contribution in [0.5, 0.6) is 5.75 Å². The summed E-state index contributed by atoms with van der Waals surface area (Å²) in [6.07, 6.45) is 0. The van der Waals surface area contributed by atoms with Gasteiger partial charge in [-0.1, -0.05) is 12.1 Å². The second kappa shape index (κ2) is 9.78. The lowest BCUT2D eigenvalue weighted by Gasteiger charge is -2.36. The topological polar surface area (TPSA) is 66.3 Å². The number of ether oxygens (including phenoxy) is 1. The number of carbonyl (C=O) groups is 2. The summed E-state index contributed by atoms with van der Waals surface area (Å²) in [5.74, 6) is 0.951. The molecule has 0 spiro atoms. The molecule has 2 rings (SSSR count). The van der Waals surface area contributed by atoms with E-state index >= 15 is 0 Å². The standard InChI is InChI=1S/C21H34N4O3/c1-6-23(15-19(26)22-21(2,3)4)16-20(27)25-13-11-24(12-14-25)17-9-7-8-10-18(17)28-5/h7-10H,6,11-16H2,1-5H3,(H,22,26)/p+1. The summed E-state index contributed by atoms with van der Waals surface area (Å²) < 4.78 is 5.45. The van der Waals surface area contributed by atoms with Crippen LogP contribution < -0.4 is 19.9 Å². The number of hydrogen-bond acceptors (Lipinski definition) is 4. The number of anilines is 1. The van der Waals surface area contributed by atoms with Gasteiger partial charge in [0.05, 0.1) is 19.3 Å². The smallest absolute Gasteiger partial charge is 0.277 e. The highest BCUT2D eigenvalue weighted by Gasteiger charge is 2.26. The number of likely N-dealkylation sites (N-methyl/N-ethyl adjacent to an activating group) is 1. The van der Waals surface area contributed by atoms with Crippen molar-refractivity contribution in [2.75, 3.05) is 57.8 Å². The molecule has 0 radical (unpaired) electrons. The quantitative estimate of drug-likeness (QED) is 0.695. The number of amides is 2. The Hall–Kier alpha value is -2.28. The Balaban J connectivity index is 1.86. The van der Waals surface area contributed by atoms with E-state index in [1.165, 1.54) is 0 Å². The van der Waals surface area contributed by atoms with Gasteiger partial charge in [-0.05, 0) is 39.8 Å². The van der Waals surface area contributed by atoms with Crippen LogP contribution in [0.1, 0.15) is 27.7 Å². The van der Waals surface area contributed by atoms with Crippen LogP contribution in [0.25, 0.3) is 0 Å². The molecular weight excluding hydrogens is 356 g/mol. The van der Waals surface area contributed by atoms with Crippen LogP contribution in [0.4, 0.5) is 5.69 Å². The van der Waals surface area contributed by atoms with Crippen LogP contribution >= 0.6 is 0 Å². The average molecular weight is 392 g/mol. The largest absolute Gasteiger partial charge is 0.495 e. The van der Waals surface area contributed by atoms with Crippen molar-refractivity contribution in [1.29, 1.82) is 0 Å². The SMILES string of the molecule is CC[NH+](CC(=O)NC(C)(C)C)CC(=O)N1CCN(c2ccccc2OC)CC1. The van der Waals surface area contributed by atoms with Gasteiger partial charge in [0, 0.05) is 31.7 Å². The van der Waals surface area contributed by atoms with E-state index in [2.05, 4.69) is 10.2 Å². The predicted octanol–water partition coefficient (Wildman–Crippen LogP) is 0.163. The predicted molar refractivity (Wildman–Crippen MR) is 111 cm³/mol. The van der Waals surface area contributed by atoms with Crippen LogP contribution in [-0.4, -0.2) is 75.2 Å². The minimum absolute atomic E-state index is 0.0156. The minimum atomic E-state index is -0.255. The van der Waals surface area contributed by atoms with Gasteiger partial charge < -0.3 is 24.8 Å². The molecule has 1 atom stereocenters. The summed E-state index contributed by atoms with van der Waals surface area (Å²) in [6, 6.07) is 7.96. The third-order valence-corrected chi connectivity index (χ3v) is 4.88. The van der Waals surface area contributed by atoms with Crippen molar-refractivity contribution in [3.05, 3.63) is 24.3 Å². The molecule has 1 unspecified atom stereocenters. The van der Waals surface area contributed by atoms with Crippen LogP contribution in [0, 0.1) is 0 Å². The Labute approximate surface area is 168 Å². The number of piperazine rings is 1. The van der Waals surface area contributed by atoms with E-state index in [-0.39, 0.29) is 17.4 Å². The highest BCUT2D eigenvalue weighted by molar-refractivity contribution is 5.79. The maximum Gasteiger partial charge on any atom is 0.277 e. The first-order valence-electron chi connectivity index (χ1n) is 10.0. The molecule has 1 heterocycles. The number of rotatable bonds is 7. The number of quaternary nitrogens is 1. The van der Waals surface area contributed by atoms with Crippen LogP contribution in [0.2, 0.25) is 0 Å². The number of benzene rings is 1. The highest BCUT2D eigenvalue weighted by Crippen LogP contribution is 2.28. The Kier molecular flexibility index (Phi) is 7.69. The van der Waals surface area contributed by atoms with E-state index in [1.54, 1.807) is 7.11 Å². The summed E-state index contributed by atoms with van der Waals surface area (Å²) in [5, 5.41) is 2.97. The zero-order chi connectivity index (χ0) is 20.7. The van der Waals surface area contributed by atoms with Gasteiger partial charge in [0.1, 0.15) is 5.75 Å². The van der Waals surface area contributed by atoms with Crippen molar-refractivity contribution in [3.8, 4) is 5.75 Å². The average Bonchev–Trinajstić information content (AvgIpc) is 2.66. The third-order valence-electron chi connectivity index (χ3n) is 4.88. The molecule has 156 valence electrons. The van der Waals surface area contributed by atoms with Crippen molar-refractivity contribution in [3.63, 3.8) is 0 Å². The van der Waals surface area contributed by atoms with E-state index in [9.17, 15) is 9.59 Å². The lowest BCUT2D eigenvalue weighted by molar-refractivity contribution is -0.882. The molecule has 1 aromatic rings. The van der Waals surface area contributed by atoms with Crippen molar-refractivity contribution >= 4 is 17.5 Å². The molecule has 1 aromatic carbocycles. The number of para-hydroxylation sites is 2. The summed E-state index contributed by atoms with van der Waals surface area (Å²) >= 11 is 0. The lowest BCUT2D eigenvalue weighted by atomic mass is 10.1. The van der Waals surface area contributed by atoms with Crippen LogP contribution in [-0.2, 0) is 9.59 Å². The Morgan fingerprint density at radius 3 is 2.32 bits per heavy atom. The fraction of sp³-hybridized carbons (Fsp3) is 0.619. The van der Waals surface area contributed by atoms with Crippen molar-refractivity contribution < 1.29 is 19.2 Å². The normalized spacial score (nSPS) is 15.9. The van der Waals surface area contributed by atoms with Gasteiger partial charge in [0.15, 0.2) is 13.1 Å². The molecule has 0 aromatic heterocycles. The first kappa shape index (κ1) is 22.0. The summed E-state index contributed by atoms with van der Waals surface area (Å²) in [6.45, 7) is 12.2. The fourth-order valence-electron chi connectivity index (χ4n) is 3.42. The molecule has 0 bridgehead atoms. The van der Waals surface area contributed by atoms with Crippen molar-refractivity contribution in [2.45, 2.75) is 33.2 Å². The van der Waals surface area contributed by atoms with E-state index in [0.29, 0.717) is 26.2 Å². The number of hydrogen-bond donors (Lipinski definition) is 2. The lowest BCUT2D eigenvalue weighted by Crippen LogP contribution is -3.14. The van der Waals surface area contributed by atoms with Gasteiger partial charge in [-0.15, -0.1) is 0 Å². The monoisotopic (exact) mass is 391 g/mol. The Bertz CT molecular complexity index is 664. The van der Waals surface area contributed by atoms with Gasteiger partial charge >= 0.3 is 0 Å². The van der Waals surface area contributed by atoms with Crippen molar-refractivity contribution in [2.24, 2.45) is 0 Å². The molecule has 2 amide bonds. The number of nitrogens with one attached hydrogen (secondary N) is 2. The molecule has 0 aliphatic carbocycles. The molecule has 1 aliphatic heterocycles. The zero-order valence-corrected chi connectivity index (χ0v) is 17.9. The minimum Gasteiger partial charge on any atom is -0.495 e. The van der Waals surface area contributed by atoms with Crippen LogP contribution in [0.15, 0.2) is 24.3 Å². The molecule has 7 heteroatoms. The first-order chi connectivity index (χ1) is 13.2. The second-order valence-corrected chi connectivity index (χ2v) is 8.29. The van der Waals surface area contributed by atoms with Gasteiger partial charge in [0.25, 0.3) is 11.8 Å². The molecule has 1 aliphatic rings. The van der Waals surface area contributed by atoms with E-state index in [4.69, 9.17) is 4.74 Å². The fourth-order valence-corrected chi connectivity index (χ4v) is 3.42. The number of carbonyl (C=O) groups excluding carboxylic acids is 2. The summed E-state index contributed by atoms with van der Waals surface area (Å²) in [5.41, 5.74) is 0.811. The second-order valence-electron chi connectivity index (χ2n) is 8.29. The van der Waals surface area contributed by atoms with E-state index < -0.39 is 0 Å². The molecule has 1 saturated heterocycles. The van der Waals surface area contributed by atoms with Gasteiger partial charge in [-0.25, -0.2) is 0 Å². The van der Waals surface area contributed by atoms with Gasteiger partial charge in [0.2, 0.25) is 0 Å². The Morgan fingerprint density at radius 2 is 1.75 bits per heavy atom. The Morgan fingerprint density at radius 1 is 1.11 bits per heavy atom. The summed E-state index contributed by atoms with van der Waals surface area (Å²) in [4.78, 5) is 30.0. The van der Waals surface area contributed by atoms with Crippen LogP contribution in [0.3, 0.4) is 0 Å². The van der Waals surface area contributed by atoms with E-state index in [1.807, 2.05) is 56.9 Å². The molecule has 0 saturated carbocycles. The number of nitrogens with zero attached hydrogens (tertiary/aromatic N) is 2. The highest BCUT2D eigenvalue weighted by atomic mass is 16.5. The molecule has 2 N–H and O–H groups in total. The molecular formula is C21H35N4O3+. The zero-order valence-electron chi connectivity index (χ0n) is 17.9. The molecule has 28 heavy (non-hydrogen) atoms. The maximum atomic E-state index is 12.7. The van der Waals surface area contributed by atoms with Gasteiger partial charge in [-0.3, -0.25) is 9.59 Å². The maximum absolute atomic E-state index is 12.7. The molecule has 7 nitrogen and oxygen atoms in total.